The number of para-hydroxylation sites is 2. The highest BCUT2D eigenvalue weighted by Gasteiger charge is 2.35. The van der Waals surface area contributed by atoms with Crippen molar-refractivity contribution in [3.05, 3.63) is 59.1 Å². The third kappa shape index (κ3) is 5.46. The third-order valence-electron chi connectivity index (χ3n) is 6.08. The van der Waals surface area contributed by atoms with E-state index in [2.05, 4.69) is 55.3 Å². The fourth-order valence-corrected chi connectivity index (χ4v) is 4.81. The molecule has 2 heterocycles. The highest BCUT2D eigenvalue weighted by Crippen LogP contribution is 2.31. The molecule has 0 radical (unpaired) electrons. The predicted octanol–water partition coefficient (Wildman–Crippen LogP) is 3.13. The predicted molar refractivity (Wildman–Crippen MR) is 127 cm³/mol. The summed E-state index contributed by atoms with van der Waals surface area (Å²) in [6.45, 7) is 6.22. The van der Waals surface area contributed by atoms with E-state index in [0.717, 1.165) is 49.3 Å². The molecule has 4 rings (SSSR count). The molecular formula is C24H29BrN4O2. The van der Waals surface area contributed by atoms with Crippen LogP contribution >= 0.6 is 15.9 Å². The van der Waals surface area contributed by atoms with E-state index < -0.39 is 0 Å². The molecule has 0 saturated carbocycles. The van der Waals surface area contributed by atoms with Crippen LogP contribution in [0.2, 0.25) is 0 Å². The Balaban J connectivity index is 1.16. The Morgan fingerprint density at radius 3 is 2.45 bits per heavy atom. The van der Waals surface area contributed by atoms with Crippen LogP contribution in [0.1, 0.15) is 12.8 Å². The first kappa shape index (κ1) is 21.8. The summed E-state index contributed by atoms with van der Waals surface area (Å²) in [6, 6.07) is 18.2. The molecule has 1 atom stereocenters. The highest BCUT2D eigenvalue weighted by atomic mass is 79.9. The van der Waals surface area contributed by atoms with Crippen molar-refractivity contribution in [1.29, 1.82) is 0 Å². The number of piperazine rings is 1. The van der Waals surface area contributed by atoms with Crippen molar-refractivity contribution >= 4 is 39.1 Å². The van der Waals surface area contributed by atoms with E-state index in [9.17, 15) is 9.59 Å². The van der Waals surface area contributed by atoms with Crippen molar-refractivity contribution in [3.8, 4) is 0 Å². The third-order valence-corrected chi connectivity index (χ3v) is 6.75. The molecule has 2 aromatic rings. The van der Waals surface area contributed by atoms with Crippen molar-refractivity contribution < 1.29 is 9.59 Å². The number of amides is 2. The number of rotatable bonds is 7. The lowest BCUT2D eigenvalue weighted by atomic mass is 10.1. The lowest BCUT2D eigenvalue weighted by molar-refractivity contribution is -0.126. The number of carbonyl (C=O) groups excluding carboxylic acids is 2. The molecule has 0 bridgehead atoms. The zero-order valence-corrected chi connectivity index (χ0v) is 19.3. The molecule has 7 heteroatoms. The number of carbonyl (C=O) groups is 2. The Morgan fingerprint density at radius 2 is 1.71 bits per heavy atom. The average molecular weight is 485 g/mol. The number of hydrogen-bond donors (Lipinski definition) is 1. The maximum absolute atomic E-state index is 12.6. The first-order valence-electron chi connectivity index (χ1n) is 11.0. The summed E-state index contributed by atoms with van der Waals surface area (Å²) in [5, 5.41) is 3.04. The summed E-state index contributed by atoms with van der Waals surface area (Å²) < 4.78 is 0.872. The van der Waals surface area contributed by atoms with Crippen molar-refractivity contribution in [2.75, 3.05) is 55.6 Å². The van der Waals surface area contributed by atoms with E-state index in [-0.39, 0.29) is 24.2 Å². The maximum atomic E-state index is 12.6. The molecular weight excluding hydrogens is 456 g/mol. The minimum Gasteiger partial charge on any atom is -0.369 e. The van der Waals surface area contributed by atoms with Crippen molar-refractivity contribution in [3.63, 3.8) is 0 Å². The van der Waals surface area contributed by atoms with E-state index in [1.165, 1.54) is 5.69 Å². The number of anilines is 2. The SMILES string of the molecule is O=C(NCCCN1CCN(c2ccccc2)CC1)C1CC(=O)N(c2ccccc2Br)C1. The summed E-state index contributed by atoms with van der Waals surface area (Å²) in [5.74, 6) is -0.297. The number of nitrogens with zero attached hydrogens (tertiary/aromatic N) is 3. The van der Waals surface area contributed by atoms with Crippen LogP contribution in [0, 0.1) is 5.92 Å². The van der Waals surface area contributed by atoms with Gasteiger partial charge in [0.1, 0.15) is 0 Å². The molecule has 1 N–H and O–H groups in total. The standard InChI is InChI=1S/C24H29BrN4O2/c25-21-9-4-5-10-22(21)29-18-19(17-23(29)30)24(31)26-11-6-12-27-13-15-28(16-14-27)20-7-2-1-3-8-20/h1-5,7-10,19H,6,11-18H2,(H,26,31). The van der Waals surface area contributed by atoms with Crippen LogP contribution in [-0.2, 0) is 9.59 Å². The van der Waals surface area contributed by atoms with Gasteiger partial charge >= 0.3 is 0 Å². The van der Waals surface area contributed by atoms with E-state index in [1.54, 1.807) is 4.90 Å². The van der Waals surface area contributed by atoms with Crippen molar-refractivity contribution in [2.45, 2.75) is 12.8 Å². The second kappa shape index (κ2) is 10.3. The van der Waals surface area contributed by atoms with Gasteiger partial charge in [-0.2, -0.15) is 0 Å². The molecule has 2 fully saturated rings. The van der Waals surface area contributed by atoms with Gasteiger partial charge in [0.15, 0.2) is 0 Å². The molecule has 31 heavy (non-hydrogen) atoms. The summed E-state index contributed by atoms with van der Waals surface area (Å²) >= 11 is 3.49. The second-order valence-electron chi connectivity index (χ2n) is 8.17. The molecule has 0 spiro atoms. The first-order valence-corrected chi connectivity index (χ1v) is 11.8. The Bertz CT molecular complexity index is 899. The van der Waals surface area contributed by atoms with Gasteiger partial charge in [0.25, 0.3) is 0 Å². The molecule has 0 aromatic heterocycles. The number of halogens is 1. The molecule has 2 aromatic carbocycles. The largest absolute Gasteiger partial charge is 0.369 e. The van der Waals surface area contributed by atoms with Gasteiger partial charge in [0, 0.05) is 55.8 Å². The summed E-state index contributed by atoms with van der Waals surface area (Å²) in [4.78, 5) is 31.6. The fraction of sp³-hybridized carbons (Fsp3) is 0.417. The molecule has 2 aliphatic heterocycles. The molecule has 6 nitrogen and oxygen atoms in total. The van der Waals surface area contributed by atoms with Crippen LogP contribution in [0.5, 0.6) is 0 Å². The quantitative estimate of drug-likeness (QED) is 0.613. The summed E-state index contributed by atoms with van der Waals surface area (Å²) in [7, 11) is 0. The second-order valence-corrected chi connectivity index (χ2v) is 9.02. The zero-order valence-electron chi connectivity index (χ0n) is 17.7. The van der Waals surface area contributed by atoms with E-state index >= 15 is 0 Å². The number of benzene rings is 2. The van der Waals surface area contributed by atoms with Gasteiger partial charge in [-0.3, -0.25) is 14.5 Å². The van der Waals surface area contributed by atoms with Gasteiger partial charge in [-0.25, -0.2) is 0 Å². The Morgan fingerprint density at radius 1 is 1.00 bits per heavy atom. The summed E-state index contributed by atoms with van der Waals surface area (Å²) in [5.41, 5.74) is 2.12. The zero-order chi connectivity index (χ0) is 21.6. The molecule has 2 aliphatic rings. The Hall–Kier alpha value is -2.38. The molecule has 0 aliphatic carbocycles. The van der Waals surface area contributed by atoms with Gasteiger partial charge in [-0.15, -0.1) is 0 Å². The number of hydrogen-bond acceptors (Lipinski definition) is 4. The van der Waals surface area contributed by atoms with Crippen LogP contribution in [0.25, 0.3) is 0 Å². The van der Waals surface area contributed by atoms with Gasteiger partial charge in [-0.1, -0.05) is 30.3 Å². The number of nitrogens with one attached hydrogen (secondary N) is 1. The minimum atomic E-state index is -0.283. The monoisotopic (exact) mass is 484 g/mol. The maximum Gasteiger partial charge on any atom is 0.227 e. The van der Waals surface area contributed by atoms with Gasteiger partial charge in [-0.05, 0) is 53.2 Å². The average Bonchev–Trinajstić information content (AvgIpc) is 3.19. The van der Waals surface area contributed by atoms with Gasteiger partial charge in [0.05, 0.1) is 11.6 Å². The molecule has 2 amide bonds. The van der Waals surface area contributed by atoms with E-state index in [4.69, 9.17) is 0 Å². The van der Waals surface area contributed by atoms with Crippen LogP contribution < -0.4 is 15.1 Å². The minimum absolute atomic E-state index is 0.00309. The molecule has 2 saturated heterocycles. The van der Waals surface area contributed by atoms with Crippen molar-refractivity contribution in [2.24, 2.45) is 5.92 Å². The summed E-state index contributed by atoms with van der Waals surface area (Å²) in [6.07, 6.45) is 1.19. The first-order chi connectivity index (χ1) is 15.1. The van der Waals surface area contributed by atoms with Crippen molar-refractivity contribution in [1.82, 2.24) is 10.2 Å². The van der Waals surface area contributed by atoms with E-state index in [0.29, 0.717) is 13.1 Å². The highest BCUT2D eigenvalue weighted by molar-refractivity contribution is 9.10. The normalized spacial score (nSPS) is 19.6. The lowest BCUT2D eigenvalue weighted by Crippen LogP contribution is -2.47. The topological polar surface area (TPSA) is 55.9 Å². The molecule has 1 unspecified atom stereocenters. The van der Waals surface area contributed by atoms with Crippen LogP contribution in [-0.4, -0.2) is 62.5 Å². The fourth-order valence-electron chi connectivity index (χ4n) is 4.31. The van der Waals surface area contributed by atoms with Gasteiger partial charge < -0.3 is 15.1 Å². The molecule has 164 valence electrons. The van der Waals surface area contributed by atoms with Gasteiger partial charge in [0.2, 0.25) is 11.8 Å². The smallest absolute Gasteiger partial charge is 0.227 e. The van der Waals surface area contributed by atoms with Crippen LogP contribution in [0.15, 0.2) is 59.1 Å². The Kier molecular flexibility index (Phi) is 7.25. The Labute approximate surface area is 192 Å². The van der Waals surface area contributed by atoms with E-state index in [1.807, 2.05) is 30.3 Å². The lowest BCUT2D eigenvalue weighted by Gasteiger charge is -2.36. The van der Waals surface area contributed by atoms with Crippen LogP contribution in [0.4, 0.5) is 11.4 Å². The van der Waals surface area contributed by atoms with Crippen LogP contribution in [0.3, 0.4) is 0 Å².